The van der Waals surface area contributed by atoms with Gasteiger partial charge in [0, 0.05) is 17.7 Å². The van der Waals surface area contributed by atoms with Crippen molar-refractivity contribution in [3.8, 4) is 11.1 Å². The lowest BCUT2D eigenvalue weighted by Crippen LogP contribution is -2.11. The number of aryl methyl sites for hydroxylation is 1. The molecule has 34 heavy (non-hydrogen) atoms. The Labute approximate surface area is 203 Å². The molecule has 0 unspecified atom stereocenters. The second-order valence-electron chi connectivity index (χ2n) is 10.1. The Hall–Kier alpha value is -3.49. The van der Waals surface area contributed by atoms with Gasteiger partial charge in [-0.2, -0.15) is 0 Å². The monoisotopic (exact) mass is 447 g/mol. The number of benzene rings is 4. The van der Waals surface area contributed by atoms with E-state index in [4.69, 9.17) is 5.73 Å². The molecule has 0 aliphatic carbocycles. The van der Waals surface area contributed by atoms with Crippen molar-refractivity contribution >= 4 is 5.78 Å². The zero-order valence-corrected chi connectivity index (χ0v) is 20.6. The third kappa shape index (κ3) is 5.35. The van der Waals surface area contributed by atoms with Crippen LogP contribution in [0.2, 0.25) is 0 Å². The van der Waals surface area contributed by atoms with Gasteiger partial charge in [0.25, 0.3) is 0 Å². The molecule has 4 aromatic rings. The minimum atomic E-state index is 0.0614. The largest absolute Gasteiger partial charge is 0.326 e. The third-order valence-corrected chi connectivity index (χ3v) is 6.49. The molecule has 2 nitrogen and oxygen atoms in total. The first-order valence-corrected chi connectivity index (χ1v) is 11.9. The average molecular weight is 448 g/mol. The lowest BCUT2D eigenvalue weighted by Gasteiger charge is -2.19. The van der Waals surface area contributed by atoms with E-state index in [1.54, 1.807) is 0 Å². The van der Waals surface area contributed by atoms with Crippen molar-refractivity contribution in [1.29, 1.82) is 0 Å². The van der Waals surface area contributed by atoms with Crippen LogP contribution in [0.15, 0.2) is 91.0 Å². The van der Waals surface area contributed by atoms with Crippen molar-refractivity contribution in [2.75, 3.05) is 0 Å². The van der Waals surface area contributed by atoms with Crippen molar-refractivity contribution in [2.45, 2.75) is 46.1 Å². The molecule has 0 fully saturated rings. The molecule has 2 heteroatoms. The fraction of sp³-hybridized carbons (Fsp3) is 0.219. The lowest BCUT2D eigenvalue weighted by molar-refractivity contribution is 0.103. The van der Waals surface area contributed by atoms with Crippen LogP contribution in [0, 0.1) is 6.92 Å². The Morgan fingerprint density at radius 2 is 1.21 bits per heavy atom. The first-order valence-electron chi connectivity index (χ1n) is 11.9. The van der Waals surface area contributed by atoms with E-state index in [0.717, 1.165) is 17.5 Å². The topological polar surface area (TPSA) is 43.1 Å². The van der Waals surface area contributed by atoms with Crippen molar-refractivity contribution in [3.63, 3.8) is 0 Å². The first-order chi connectivity index (χ1) is 16.2. The fourth-order valence-corrected chi connectivity index (χ4v) is 4.18. The first kappa shape index (κ1) is 23.7. The minimum Gasteiger partial charge on any atom is -0.326 e. The van der Waals surface area contributed by atoms with Crippen LogP contribution in [-0.4, -0.2) is 5.78 Å². The Bertz CT molecular complexity index is 1280. The van der Waals surface area contributed by atoms with Crippen LogP contribution in [-0.2, 0) is 18.4 Å². The van der Waals surface area contributed by atoms with Gasteiger partial charge in [-0.25, -0.2) is 0 Å². The summed E-state index contributed by atoms with van der Waals surface area (Å²) >= 11 is 0. The van der Waals surface area contributed by atoms with Gasteiger partial charge < -0.3 is 5.73 Å². The predicted molar refractivity (Wildman–Crippen MR) is 142 cm³/mol. The molecule has 0 heterocycles. The average Bonchev–Trinajstić information content (AvgIpc) is 2.84. The number of ketones is 1. The summed E-state index contributed by atoms with van der Waals surface area (Å²) in [4.78, 5) is 12.9. The summed E-state index contributed by atoms with van der Waals surface area (Å²) in [5.41, 5.74) is 15.8. The van der Waals surface area contributed by atoms with Crippen molar-refractivity contribution in [3.05, 3.63) is 130 Å². The van der Waals surface area contributed by atoms with Crippen LogP contribution in [0.4, 0.5) is 0 Å². The lowest BCUT2D eigenvalue weighted by atomic mass is 9.86. The van der Waals surface area contributed by atoms with E-state index in [9.17, 15) is 4.79 Å². The van der Waals surface area contributed by atoms with E-state index in [2.05, 4.69) is 94.4 Å². The van der Waals surface area contributed by atoms with Gasteiger partial charge in [-0.05, 0) is 63.8 Å². The molecule has 172 valence electrons. The summed E-state index contributed by atoms with van der Waals surface area (Å²) < 4.78 is 0. The van der Waals surface area contributed by atoms with Crippen LogP contribution in [0.1, 0.15) is 64.5 Å². The molecular formula is C32H33NO. The van der Waals surface area contributed by atoms with Gasteiger partial charge in [0.15, 0.2) is 5.78 Å². The van der Waals surface area contributed by atoms with Gasteiger partial charge in [-0.3, -0.25) is 4.79 Å². The molecule has 0 aliphatic rings. The summed E-state index contributed by atoms with van der Waals surface area (Å²) in [7, 11) is 0. The Morgan fingerprint density at radius 1 is 0.706 bits per heavy atom. The third-order valence-electron chi connectivity index (χ3n) is 6.49. The van der Waals surface area contributed by atoms with Gasteiger partial charge in [-0.1, -0.05) is 106 Å². The van der Waals surface area contributed by atoms with E-state index in [1.807, 2.05) is 24.3 Å². The molecule has 0 aliphatic heterocycles. The van der Waals surface area contributed by atoms with E-state index in [0.29, 0.717) is 6.54 Å². The molecule has 2 N–H and O–H groups in total. The Balaban J connectivity index is 1.44. The van der Waals surface area contributed by atoms with Crippen molar-refractivity contribution in [1.82, 2.24) is 0 Å². The summed E-state index contributed by atoms with van der Waals surface area (Å²) in [5.74, 6) is 0.0614. The number of nitrogens with two attached hydrogens (primary N) is 1. The second kappa shape index (κ2) is 9.79. The highest BCUT2D eigenvalue weighted by molar-refractivity contribution is 6.09. The second-order valence-corrected chi connectivity index (χ2v) is 10.1. The van der Waals surface area contributed by atoms with Crippen molar-refractivity contribution < 1.29 is 4.79 Å². The van der Waals surface area contributed by atoms with Crippen LogP contribution < -0.4 is 5.73 Å². The number of carbonyl (C=O) groups is 1. The molecule has 0 atom stereocenters. The number of rotatable bonds is 6. The summed E-state index contributed by atoms with van der Waals surface area (Å²) in [6, 6.07) is 31.1. The highest BCUT2D eigenvalue weighted by atomic mass is 16.1. The molecule has 0 bridgehead atoms. The Morgan fingerprint density at radius 3 is 1.74 bits per heavy atom. The molecule has 0 radical (unpaired) electrons. The van der Waals surface area contributed by atoms with Crippen molar-refractivity contribution in [2.24, 2.45) is 5.73 Å². The van der Waals surface area contributed by atoms with E-state index in [1.165, 1.54) is 38.9 Å². The number of hydrogen-bond acceptors (Lipinski definition) is 2. The van der Waals surface area contributed by atoms with Crippen LogP contribution in [0.25, 0.3) is 11.1 Å². The predicted octanol–water partition coefficient (Wildman–Crippen LogP) is 7.24. The molecule has 0 saturated heterocycles. The number of hydrogen-bond donors (Lipinski definition) is 1. The van der Waals surface area contributed by atoms with Crippen LogP contribution in [0.5, 0.6) is 0 Å². The van der Waals surface area contributed by atoms with Gasteiger partial charge in [0.1, 0.15) is 0 Å². The maximum Gasteiger partial charge on any atom is 0.193 e. The standard InChI is InChI=1S/C32H33NO/c1-22-5-10-28(20-29(22)21-33)25-11-6-23(7-12-25)19-24-8-13-26(14-9-24)31(34)27-15-17-30(18-16-27)32(2,3)4/h5-18,20H,19,21,33H2,1-4H3. The van der Waals surface area contributed by atoms with Gasteiger partial charge in [0.05, 0.1) is 0 Å². The fourth-order valence-electron chi connectivity index (χ4n) is 4.18. The van der Waals surface area contributed by atoms with Gasteiger partial charge >= 0.3 is 0 Å². The van der Waals surface area contributed by atoms with E-state index in [-0.39, 0.29) is 11.2 Å². The normalized spacial score (nSPS) is 11.4. The maximum absolute atomic E-state index is 12.9. The molecule has 0 saturated carbocycles. The summed E-state index contributed by atoms with van der Waals surface area (Å²) in [6.45, 7) is 9.18. The highest BCUT2D eigenvalue weighted by Gasteiger charge is 2.15. The van der Waals surface area contributed by atoms with Gasteiger partial charge in [0.2, 0.25) is 0 Å². The SMILES string of the molecule is Cc1ccc(-c2ccc(Cc3ccc(C(=O)c4ccc(C(C)(C)C)cc4)cc3)cc2)cc1CN. The minimum absolute atomic E-state index is 0.0614. The molecule has 0 spiro atoms. The molecule has 0 amide bonds. The Kier molecular flexibility index (Phi) is 6.81. The highest BCUT2D eigenvalue weighted by Crippen LogP contribution is 2.25. The van der Waals surface area contributed by atoms with Crippen LogP contribution >= 0.6 is 0 Å². The summed E-state index contributed by atoms with van der Waals surface area (Å²) in [5, 5.41) is 0. The zero-order chi connectivity index (χ0) is 24.3. The summed E-state index contributed by atoms with van der Waals surface area (Å²) in [6.07, 6.45) is 0.830. The van der Waals surface area contributed by atoms with E-state index < -0.39 is 0 Å². The van der Waals surface area contributed by atoms with Crippen LogP contribution in [0.3, 0.4) is 0 Å². The molecule has 4 rings (SSSR count). The zero-order valence-electron chi connectivity index (χ0n) is 20.6. The van der Waals surface area contributed by atoms with Gasteiger partial charge in [-0.15, -0.1) is 0 Å². The molecule has 0 aromatic heterocycles. The van der Waals surface area contributed by atoms with E-state index >= 15 is 0 Å². The molecule has 4 aromatic carbocycles. The number of carbonyl (C=O) groups excluding carboxylic acids is 1. The smallest absolute Gasteiger partial charge is 0.193 e. The maximum atomic E-state index is 12.9. The molecular weight excluding hydrogens is 414 g/mol. The quantitative estimate of drug-likeness (QED) is 0.317.